The number of nitrogens with two attached hydrogens (primary N) is 1. The maximum atomic E-state index is 11.9. The third kappa shape index (κ3) is 5.35. The number of rotatable bonds is 7. The number of ether oxygens (including phenoxy) is 1. The van der Waals surface area contributed by atoms with Crippen LogP contribution in [0.25, 0.3) is 0 Å². The molecule has 134 valence electrons. The first-order valence-electron chi connectivity index (χ1n) is 7.86. The third-order valence-electron chi connectivity index (χ3n) is 4.16. The minimum absolute atomic E-state index is 0.0814. The van der Waals surface area contributed by atoms with Gasteiger partial charge < -0.3 is 10.5 Å². The van der Waals surface area contributed by atoms with Crippen molar-refractivity contribution in [3.63, 3.8) is 0 Å². The Morgan fingerprint density at radius 3 is 2.32 bits per heavy atom. The van der Waals surface area contributed by atoms with Crippen LogP contribution in [0.15, 0.2) is 36.4 Å². The van der Waals surface area contributed by atoms with Crippen LogP contribution in [0, 0.1) is 0 Å². The Balaban J connectivity index is 2.23. The van der Waals surface area contributed by atoms with Gasteiger partial charge in [-0.2, -0.15) is 0 Å². The molecule has 0 aromatic heterocycles. The second-order valence-electron chi connectivity index (χ2n) is 6.01. The second-order valence-corrected chi connectivity index (χ2v) is 7.23. The predicted molar refractivity (Wildman–Crippen MR) is 104 cm³/mol. The monoisotopic (exact) mass is 399 g/mol. The fourth-order valence-electron chi connectivity index (χ4n) is 2.62. The first kappa shape index (κ1) is 20.1. The van der Waals surface area contributed by atoms with Gasteiger partial charge in [0.1, 0.15) is 0 Å². The Morgan fingerprint density at radius 1 is 1.04 bits per heavy atom. The summed E-state index contributed by atoms with van der Waals surface area (Å²) in [4.78, 5) is 11.9. The molecule has 3 nitrogen and oxygen atoms in total. The number of methoxy groups -OCH3 is 1. The molecule has 0 saturated carbocycles. The van der Waals surface area contributed by atoms with E-state index < -0.39 is 11.8 Å². The highest BCUT2D eigenvalue weighted by atomic mass is 35.5. The van der Waals surface area contributed by atoms with Gasteiger partial charge in [-0.05, 0) is 54.7 Å². The van der Waals surface area contributed by atoms with Crippen molar-refractivity contribution in [1.82, 2.24) is 0 Å². The molecule has 25 heavy (non-hydrogen) atoms. The summed E-state index contributed by atoms with van der Waals surface area (Å²) in [5.74, 6) is -0.929. The zero-order valence-electron chi connectivity index (χ0n) is 14.1. The van der Waals surface area contributed by atoms with Crippen molar-refractivity contribution in [2.45, 2.75) is 31.8 Å². The van der Waals surface area contributed by atoms with E-state index in [1.807, 2.05) is 25.1 Å². The zero-order chi connectivity index (χ0) is 18.6. The topological polar surface area (TPSA) is 52.3 Å². The predicted octanol–water partition coefficient (Wildman–Crippen LogP) is 5.04. The van der Waals surface area contributed by atoms with Crippen molar-refractivity contribution in [3.05, 3.63) is 68.2 Å². The maximum Gasteiger partial charge on any atom is 0.225 e. The largest absolute Gasteiger partial charge is 0.381 e. The standard InChI is InChI=1S/C19H20Cl3NO2/c1-11(25-2)7-14-4-3-12(9-17(14)21)8-15(19(23)24)13-5-6-16(20)18(22)10-13/h3-6,9-11,15H,7-8H2,1-2H3,(H2,23,24). The highest BCUT2D eigenvalue weighted by molar-refractivity contribution is 6.42. The Hall–Kier alpha value is -1.26. The van der Waals surface area contributed by atoms with Crippen LogP contribution in [-0.4, -0.2) is 19.1 Å². The summed E-state index contributed by atoms with van der Waals surface area (Å²) in [6, 6.07) is 10.9. The second kappa shape index (κ2) is 8.91. The van der Waals surface area contributed by atoms with Gasteiger partial charge in [0.25, 0.3) is 0 Å². The molecule has 2 aromatic carbocycles. The highest BCUT2D eigenvalue weighted by Crippen LogP contribution is 2.29. The Labute approximate surface area is 163 Å². The van der Waals surface area contributed by atoms with Crippen molar-refractivity contribution < 1.29 is 9.53 Å². The summed E-state index contributed by atoms with van der Waals surface area (Å²) in [6.07, 6.45) is 1.24. The molecular formula is C19H20Cl3NO2. The number of carbonyl (C=O) groups is 1. The van der Waals surface area contributed by atoms with Gasteiger partial charge in [-0.15, -0.1) is 0 Å². The molecule has 0 saturated heterocycles. The number of halogens is 3. The maximum absolute atomic E-state index is 11.9. The summed E-state index contributed by atoms with van der Waals surface area (Å²) in [5, 5.41) is 1.49. The molecule has 2 atom stereocenters. The van der Waals surface area contributed by atoms with Gasteiger partial charge >= 0.3 is 0 Å². The van der Waals surface area contributed by atoms with Crippen LogP contribution >= 0.6 is 34.8 Å². The first-order valence-corrected chi connectivity index (χ1v) is 8.99. The molecule has 0 fully saturated rings. The number of primary amides is 1. The van der Waals surface area contributed by atoms with Gasteiger partial charge in [0.2, 0.25) is 5.91 Å². The van der Waals surface area contributed by atoms with Gasteiger partial charge in [0, 0.05) is 12.1 Å². The van der Waals surface area contributed by atoms with Crippen molar-refractivity contribution >= 4 is 40.7 Å². The molecule has 0 spiro atoms. The SMILES string of the molecule is COC(C)Cc1ccc(CC(C(N)=O)c2ccc(Cl)c(Cl)c2)cc1Cl. The van der Waals surface area contributed by atoms with Gasteiger partial charge in [-0.1, -0.05) is 53.0 Å². The lowest BCUT2D eigenvalue weighted by Crippen LogP contribution is -2.23. The minimum atomic E-state index is -0.505. The lowest BCUT2D eigenvalue weighted by molar-refractivity contribution is -0.119. The van der Waals surface area contributed by atoms with E-state index in [-0.39, 0.29) is 6.10 Å². The van der Waals surface area contributed by atoms with Gasteiger partial charge in [-0.3, -0.25) is 4.79 Å². The van der Waals surface area contributed by atoms with Crippen molar-refractivity contribution in [2.75, 3.05) is 7.11 Å². The molecule has 2 rings (SSSR count). The van der Waals surface area contributed by atoms with Crippen LogP contribution in [-0.2, 0) is 22.4 Å². The quantitative estimate of drug-likeness (QED) is 0.708. The lowest BCUT2D eigenvalue weighted by Gasteiger charge is -2.16. The van der Waals surface area contributed by atoms with E-state index in [9.17, 15) is 4.79 Å². The molecule has 0 aliphatic rings. The molecule has 0 bridgehead atoms. The van der Waals surface area contributed by atoms with Gasteiger partial charge in [0.15, 0.2) is 0 Å². The van der Waals surface area contributed by atoms with Crippen LogP contribution in [0.2, 0.25) is 15.1 Å². The van der Waals surface area contributed by atoms with E-state index in [4.69, 9.17) is 45.3 Å². The average molecular weight is 401 g/mol. The number of hydrogen-bond acceptors (Lipinski definition) is 2. The molecule has 2 N–H and O–H groups in total. The molecule has 6 heteroatoms. The number of amides is 1. The van der Waals surface area contributed by atoms with E-state index in [0.717, 1.165) is 23.1 Å². The number of hydrogen-bond donors (Lipinski definition) is 1. The molecule has 2 unspecified atom stereocenters. The van der Waals surface area contributed by atoms with Crippen molar-refractivity contribution in [2.24, 2.45) is 5.73 Å². The Morgan fingerprint density at radius 2 is 1.76 bits per heavy atom. The van der Waals surface area contributed by atoms with Crippen LogP contribution in [0.3, 0.4) is 0 Å². The normalized spacial score (nSPS) is 13.5. The van der Waals surface area contributed by atoms with Crippen LogP contribution < -0.4 is 5.73 Å². The number of benzene rings is 2. The highest BCUT2D eigenvalue weighted by Gasteiger charge is 2.20. The zero-order valence-corrected chi connectivity index (χ0v) is 16.3. The molecule has 0 heterocycles. The summed E-state index contributed by atoms with van der Waals surface area (Å²) < 4.78 is 5.27. The fourth-order valence-corrected chi connectivity index (χ4v) is 3.21. The van der Waals surface area contributed by atoms with Crippen LogP contribution in [0.1, 0.15) is 29.5 Å². The number of carbonyl (C=O) groups excluding carboxylic acids is 1. The van der Waals surface area contributed by atoms with E-state index in [1.165, 1.54) is 0 Å². The minimum Gasteiger partial charge on any atom is -0.381 e. The van der Waals surface area contributed by atoms with Crippen LogP contribution in [0.4, 0.5) is 0 Å². The van der Waals surface area contributed by atoms with Gasteiger partial charge in [0.05, 0.1) is 22.1 Å². The van der Waals surface area contributed by atoms with Crippen LogP contribution in [0.5, 0.6) is 0 Å². The van der Waals surface area contributed by atoms with E-state index in [0.29, 0.717) is 21.5 Å². The van der Waals surface area contributed by atoms with Gasteiger partial charge in [-0.25, -0.2) is 0 Å². The van der Waals surface area contributed by atoms with Crippen molar-refractivity contribution in [1.29, 1.82) is 0 Å². The smallest absolute Gasteiger partial charge is 0.225 e. The molecule has 0 radical (unpaired) electrons. The molecular weight excluding hydrogens is 381 g/mol. The average Bonchev–Trinajstić information content (AvgIpc) is 2.57. The Kier molecular flexibility index (Phi) is 7.14. The third-order valence-corrected chi connectivity index (χ3v) is 5.25. The summed E-state index contributed by atoms with van der Waals surface area (Å²) >= 11 is 18.4. The summed E-state index contributed by atoms with van der Waals surface area (Å²) in [7, 11) is 1.67. The summed E-state index contributed by atoms with van der Waals surface area (Å²) in [6.45, 7) is 1.98. The fraction of sp³-hybridized carbons (Fsp3) is 0.316. The van der Waals surface area contributed by atoms with Crippen molar-refractivity contribution in [3.8, 4) is 0 Å². The van der Waals surface area contributed by atoms with E-state index >= 15 is 0 Å². The molecule has 2 aromatic rings. The molecule has 0 aliphatic heterocycles. The van der Waals surface area contributed by atoms with E-state index in [1.54, 1.807) is 25.3 Å². The Bertz CT molecular complexity index is 764. The molecule has 0 aliphatic carbocycles. The molecule has 1 amide bonds. The summed E-state index contributed by atoms with van der Waals surface area (Å²) in [5.41, 5.74) is 8.25. The lowest BCUT2D eigenvalue weighted by atomic mass is 9.91. The first-order chi connectivity index (χ1) is 11.8. The van der Waals surface area contributed by atoms with E-state index in [2.05, 4.69) is 0 Å².